The molecular weight excluding hydrogens is 570 g/mol. The minimum atomic E-state index is -4.33. The fourth-order valence-corrected chi connectivity index (χ4v) is 7.66. The summed E-state index contributed by atoms with van der Waals surface area (Å²) < 4.78 is 89.4. The van der Waals surface area contributed by atoms with Crippen LogP contribution in [0.1, 0.15) is 73.6 Å². The molecule has 0 aliphatic heterocycles. The Morgan fingerprint density at radius 3 is 1.17 bits per heavy atom. The Morgan fingerprint density at radius 1 is 0.524 bits per heavy atom. The molecule has 2 aliphatic rings. The maximum atomic E-state index is 13.3. The van der Waals surface area contributed by atoms with Crippen LogP contribution < -0.4 is 0 Å². The number of rotatable bonds is 8. The van der Waals surface area contributed by atoms with E-state index in [1.165, 1.54) is 24.3 Å². The molecule has 2 aliphatic carbocycles. The van der Waals surface area contributed by atoms with Gasteiger partial charge in [-0.25, -0.2) is 0 Å². The quantitative estimate of drug-likeness (QED) is 0.216. The maximum absolute atomic E-state index is 13.3. The second kappa shape index (κ2) is 14.5. The Bertz CT molecular complexity index is 1170. The first-order valence-corrected chi connectivity index (χ1v) is 15.7. The van der Waals surface area contributed by atoms with E-state index in [9.17, 15) is 30.6 Å². The fraction of sp³-hybridized carbons (Fsp3) is 0.412. The zero-order valence-corrected chi connectivity index (χ0v) is 24.1. The van der Waals surface area contributed by atoms with Crippen LogP contribution in [0, 0.1) is 11.8 Å². The Kier molecular flexibility index (Phi) is 11.1. The van der Waals surface area contributed by atoms with Gasteiger partial charge in [0.15, 0.2) is 0 Å². The van der Waals surface area contributed by atoms with Crippen LogP contribution in [0.3, 0.4) is 0 Å². The molecule has 0 amide bonds. The fourth-order valence-electron chi connectivity index (χ4n) is 5.64. The molecule has 2 fully saturated rings. The molecule has 0 N–H and O–H groups in total. The van der Waals surface area contributed by atoms with Gasteiger partial charge in [-0.1, -0.05) is 72.9 Å². The molecule has 0 saturated heterocycles. The Labute approximate surface area is 246 Å². The zero-order chi connectivity index (χ0) is 30.2. The predicted octanol–water partition coefficient (Wildman–Crippen LogP) is 10.4. The van der Waals surface area contributed by atoms with E-state index in [0.717, 1.165) is 75.6 Å². The van der Waals surface area contributed by atoms with E-state index in [-0.39, 0.29) is 10.5 Å². The van der Waals surface area contributed by atoms with Crippen LogP contribution in [-0.4, -0.2) is 14.7 Å². The van der Waals surface area contributed by atoms with Crippen molar-refractivity contribution in [2.24, 2.45) is 11.8 Å². The van der Waals surface area contributed by atoms with Gasteiger partial charge in [0.25, 0.3) is 0 Å². The van der Waals surface area contributed by atoms with Gasteiger partial charge in [0.05, 0.1) is 11.1 Å². The minimum absolute atomic E-state index is 0.237. The van der Waals surface area contributed by atoms with Gasteiger partial charge in [0.2, 0.25) is 0 Å². The van der Waals surface area contributed by atoms with Gasteiger partial charge in [-0.2, -0.15) is 26.3 Å². The smallest absolute Gasteiger partial charge is 0.259 e. The van der Waals surface area contributed by atoms with Crippen molar-refractivity contribution in [3.05, 3.63) is 107 Å². The molecule has 1 nitrogen and oxygen atoms in total. The number of alkyl halides is 6. The molecule has 0 spiro atoms. The van der Waals surface area contributed by atoms with Gasteiger partial charge < -0.3 is 0 Å². The van der Waals surface area contributed by atoms with Gasteiger partial charge in [-0.3, -0.25) is 4.21 Å². The Balaban J connectivity index is 1.15. The third kappa shape index (κ3) is 9.58. The van der Waals surface area contributed by atoms with Crippen LogP contribution in [0.15, 0.2) is 85.0 Å². The molecule has 4 rings (SSSR count). The standard InChI is InChI=1S/C34H36F6OS/c35-33(36,37)29-17-9-25(10-18-29)5-1-3-7-27-13-21-31(22-14-27)42(41)32-23-15-28(16-24-32)8-4-2-6-26-11-19-30(20-12-26)34(38,39)40/h1-12,17-20,27-28,31-32H,13-16,21-24H2/b5-1+,6-2+,7-3+,8-4+. The average Bonchev–Trinajstić information content (AvgIpc) is 2.97. The summed E-state index contributed by atoms with van der Waals surface area (Å²) in [4.78, 5) is 0. The normalized spacial score (nSPS) is 25.2. The monoisotopic (exact) mass is 606 g/mol. The third-order valence-corrected chi connectivity index (χ3v) is 10.4. The molecule has 0 bridgehead atoms. The summed E-state index contributed by atoms with van der Waals surface area (Å²) in [7, 11) is -0.841. The van der Waals surface area contributed by atoms with E-state index in [1.54, 1.807) is 12.2 Å². The number of allylic oxidation sites excluding steroid dienone is 6. The number of benzene rings is 2. The topological polar surface area (TPSA) is 17.1 Å². The summed E-state index contributed by atoms with van der Waals surface area (Å²) in [6, 6.07) is 10.2. The first kappa shape index (κ1) is 32.1. The third-order valence-electron chi connectivity index (χ3n) is 8.14. The second-order valence-corrected chi connectivity index (χ2v) is 13.1. The SMILES string of the molecule is O=S(C1CCC(/C=C/C=C/c2ccc(C(F)(F)F)cc2)CC1)C1CCC(/C=C/C=C/c2ccc(C(F)(F)F)cc2)CC1. The number of hydrogen-bond acceptors (Lipinski definition) is 1. The van der Waals surface area contributed by atoms with Crippen molar-refractivity contribution in [1.29, 1.82) is 0 Å². The van der Waals surface area contributed by atoms with Crippen molar-refractivity contribution in [2.75, 3.05) is 0 Å². The van der Waals surface area contributed by atoms with Gasteiger partial charge in [0, 0.05) is 21.3 Å². The minimum Gasteiger partial charge on any atom is -0.259 e. The van der Waals surface area contributed by atoms with Crippen LogP contribution in [0.2, 0.25) is 0 Å². The van der Waals surface area contributed by atoms with Crippen LogP contribution in [0.25, 0.3) is 12.2 Å². The molecule has 42 heavy (non-hydrogen) atoms. The van der Waals surface area contributed by atoms with Crippen molar-refractivity contribution >= 4 is 23.0 Å². The zero-order valence-electron chi connectivity index (χ0n) is 23.3. The maximum Gasteiger partial charge on any atom is 0.416 e. The largest absolute Gasteiger partial charge is 0.416 e. The van der Waals surface area contributed by atoms with Gasteiger partial charge in [0.1, 0.15) is 0 Å². The molecule has 2 saturated carbocycles. The molecule has 0 aromatic heterocycles. The molecule has 2 aromatic rings. The molecule has 0 radical (unpaired) electrons. The Morgan fingerprint density at radius 2 is 0.857 bits per heavy atom. The average molecular weight is 607 g/mol. The van der Waals surface area contributed by atoms with E-state index in [1.807, 2.05) is 24.3 Å². The summed E-state index contributed by atoms with van der Waals surface area (Å²) in [5.74, 6) is 0.846. The first-order chi connectivity index (χ1) is 20.0. The molecular formula is C34H36F6OS. The summed E-state index contributed by atoms with van der Waals surface area (Å²) in [5, 5.41) is 0.474. The van der Waals surface area contributed by atoms with Gasteiger partial charge in [-0.15, -0.1) is 0 Å². The highest BCUT2D eigenvalue weighted by atomic mass is 32.2. The van der Waals surface area contributed by atoms with E-state index in [2.05, 4.69) is 12.2 Å². The lowest BCUT2D eigenvalue weighted by atomic mass is 9.88. The lowest BCUT2D eigenvalue weighted by Crippen LogP contribution is -2.32. The van der Waals surface area contributed by atoms with Gasteiger partial charge in [-0.05, 0) is 98.6 Å². The van der Waals surface area contributed by atoms with Crippen LogP contribution in [-0.2, 0) is 23.2 Å². The Hall–Kier alpha value is -2.87. The summed E-state index contributed by atoms with van der Waals surface area (Å²) in [6.45, 7) is 0. The molecule has 0 unspecified atom stereocenters. The van der Waals surface area contributed by atoms with Crippen LogP contribution in [0.5, 0.6) is 0 Å². The van der Waals surface area contributed by atoms with E-state index >= 15 is 0 Å². The highest BCUT2D eigenvalue weighted by Crippen LogP contribution is 2.35. The lowest BCUT2D eigenvalue weighted by Gasteiger charge is -2.32. The predicted molar refractivity (Wildman–Crippen MR) is 159 cm³/mol. The van der Waals surface area contributed by atoms with Crippen molar-refractivity contribution in [3.8, 4) is 0 Å². The second-order valence-electron chi connectivity index (χ2n) is 11.1. The summed E-state index contributed by atoms with van der Waals surface area (Å²) in [6.07, 6.45) is 14.5. The van der Waals surface area contributed by atoms with E-state index < -0.39 is 34.3 Å². The van der Waals surface area contributed by atoms with E-state index in [4.69, 9.17) is 0 Å². The molecule has 8 heteroatoms. The van der Waals surface area contributed by atoms with Crippen molar-refractivity contribution in [2.45, 2.75) is 74.2 Å². The highest BCUT2D eigenvalue weighted by Gasteiger charge is 2.32. The van der Waals surface area contributed by atoms with Crippen LogP contribution >= 0.6 is 0 Å². The molecule has 0 atom stereocenters. The van der Waals surface area contributed by atoms with Crippen molar-refractivity contribution in [3.63, 3.8) is 0 Å². The van der Waals surface area contributed by atoms with E-state index in [0.29, 0.717) is 23.0 Å². The molecule has 0 heterocycles. The number of hydrogen-bond donors (Lipinski definition) is 0. The summed E-state index contributed by atoms with van der Waals surface area (Å²) >= 11 is 0. The number of halogens is 6. The molecule has 2 aromatic carbocycles. The van der Waals surface area contributed by atoms with Crippen LogP contribution in [0.4, 0.5) is 26.3 Å². The first-order valence-electron chi connectivity index (χ1n) is 14.4. The lowest BCUT2D eigenvalue weighted by molar-refractivity contribution is -0.138. The summed E-state index contributed by atoms with van der Waals surface area (Å²) in [5.41, 5.74) is 0.122. The molecule has 226 valence electrons. The van der Waals surface area contributed by atoms with Crippen molar-refractivity contribution in [1.82, 2.24) is 0 Å². The highest BCUT2D eigenvalue weighted by molar-refractivity contribution is 7.86. The van der Waals surface area contributed by atoms with Crippen molar-refractivity contribution < 1.29 is 30.6 Å². The van der Waals surface area contributed by atoms with Gasteiger partial charge >= 0.3 is 12.4 Å².